The van der Waals surface area contributed by atoms with Crippen LogP contribution in [0.2, 0.25) is 0 Å². The molecule has 2 aliphatic rings. The maximum absolute atomic E-state index is 10.7. The number of hydrogen-bond donors (Lipinski definition) is 0. The minimum Gasteiger partial charge on any atom is 3.00 e. The summed E-state index contributed by atoms with van der Waals surface area (Å²) in [5.41, 5.74) is 7.29. The molecule has 0 aromatic heterocycles. The summed E-state index contributed by atoms with van der Waals surface area (Å²) < 4.78 is 178. The molecule has 4 rings (SSSR count). The topological polar surface area (TPSA) is 0 Å². The van der Waals surface area contributed by atoms with Crippen LogP contribution in [0.4, 0.5) is 75.5 Å². The molecule has 235 valence electrons. The molecule has 0 heterocycles. The van der Waals surface area contributed by atoms with E-state index < -0.39 is 23.4 Å². The molecule has 0 N–H and O–H groups in total. The van der Waals surface area contributed by atoms with Gasteiger partial charge in [0.2, 0.25) is 0 Å². The Morgan fingerprint density at radius 2 is 0.825 bits per heavy atom. The third-order valence-corrected chi connectivity index (χ3v) is 3.99. The molecule has 40 heavy (non-hydrogen) atoms. The number of rotatable bonds is 1. The first-order chi connectivity index (χ1) is 16.3. The summed E-state index contributed by atoms with van der Waals surface area (Å²) in [5, 5.41) is 0. The Balaban J connectivity index is 0.000000585. The number of hydrogen-bond acceptors (Lipinski definition) is 0. The molecule has 0 fully saturated rings. The van der Waals surface area contributed by atoms with Gasteiger partial charge < -0.3 is 0 Å². The summed E-state index contributed by atoms with van der Waals surface area (Å²) in [7, 11) is -32.0. The Kier molecular flexibility index (Phi) is 8.88. The minimum atomic E-state index is -10.7. The Morgan fingerprint density at radius 3 is 1.23 bits per heavy atom. The van der Waals surface area contributed by atoms with Crippen molar-refractivity contribution in [2.24, 2.45) is 0 Å². The molecular weight excluding hydrogens is 707 g/mol. The number of fused-ring (bicyclic) bond motifs is 3. The summed E-state index contributed by atoms with van der Waals surface area (Å²) in [5.74, 6) is 0.467. The van der Waals surface area contributed by atoms with Crippen LogP contribution in [0, 0.1) is 0 Å². The maximum Gasteiger partial charge on any atom is 3.00 e. The van der Waals surface area contributed by atoms with Gasteiger partial charge in [0.1, 0.15) is 0 Å². The van der Waals surface area contributed by atoms with Crippen LogP contribution in [0.3, 0.4) is 0 Å². The zero-order valence-corrected chi connectivity index (χ0v) is 22.4. The summed E-state index contributed by atoms with van der Waals surface area (Å²) in [6, 6.07) is 15.5. The smallest absolute Gasteiger partial charge is 3.00 e. The average Bonchev–Trinajstić information content (AvgIpc) is 3.21. The first-order valence-electron chi connectivity index (χ1n) is 9.53. The molecule has 0 saturated heterocycles. The monoisotopic (exact) mass is 721 g/mol. The third-order valence-electron chi connectivity index (χ3n) is 3.99. The quantitative estimate of drug-likeness (QED) is 0.133. The van der Waals surface area contributed by atoms with E-state index in [4.69, 9.17) is 0 Å². The van der Waals surface area contributed by atoms with E-state index in [1.807, 2.05) is 0 Å². The van der Waals surface area contributed by atoms with Crippen LogP contribution < -0.4 is 0 Å². The van der Waals surface area contributed by atoms with Crippen LogP contribution in [-0.4, -0.2) is 0 Å². The average molecular weight is 721 g/mol. The predicted octanol–water partition coefficient (Wildman–Crippen LogP) is 14.6. The van der Waals surface area contributed by atoms with Gasteiger partial charge in [-0.1, -0.05) is 66.8 Å². The van der Waals surface area contributed by atoms with Gasteiger partial charge in [-0.2, -0.15) is 0 Å². The fourth-order valence-corrected chi connectivity index (χ4v) is 3.13. The molecule has 0 bridgehead atoms. The molecule has 0 aliphatic heterocycles. The molecule has 2 aliphatic carbocycles. The second kappa shape index (κ2) is 9.23. The van der Waals surface area contributed by atoms with E-state index in [0.29, 0.717) is 5.92 Å². The Hall–Kier alpha value is -1.53. The van der Waals surface area contributed by atoms with Crippen molar-refractivity contribution in [1.82, 2.24) is 0 Å². The van der Waals surface area contributed by atoms with Crippen molar-refractivity contribution in [3.63, 3.8) is 0 Å². The standard InChI is InChI=1S/C18H14.3F6P.Fe/c1-2-7-13(6-1)15-10-5-11-17-16-9-4-3-8-14(16)12-18(15)17;3*1-7(2,3,4,5)6;/h1-11,13H,12H2;;;;/q;3*-1;+3. The normalized spacial score (nSPS) is 19.4. The maximum atomic E-state index is 9.87. The van der Waals surface area contributed by atoms with Gasteiger partial charge in [0.05, 0.1) is 0 Å². The van der Waals surface area contributed by atoms with Crippen molar-refractivity contribution >= 4 is 23.4 Å². The van der Waals surface area contributed by atoms with Gasteiger partial charge in [-0.25, -0.2) is 0 Å². The molecular formula is C18H14F18FeP3. The zero-order chi connectivity index (χ0) is 31.2. The van der Waals surface area contributed by atoms with Crippen molar-refractivity contribution < 1.29 is 92.6 Å². The third kappa shape index (κ3) is 25.4. The van der Waals surface area contributed by atoms with Crippen LogP contribution in [0.5, 0.6) is 0 Å². The van der Waals surface area contributed by atoms with Crippen molar-refractivity contribution in [3.8, 4) is 11.1 Å². The Morgan fingerprint density at radius 1 is 0.475 bits per heavy atom. The van der Waals surface area contributed by atoms with E-state index in [-0.39, 0.29) is 17.1 Å². The summed E-state index contributed by atoms with van der Waals surface area (Å²) >= 11 is 0. The summed E-state index contributed by atoms with van der Waals surface area (Å²) in [6.45, 7) is 0. The van der Waals surface area contributed by atoms with E-state index in [1.54, 1.807) is 0 Å². The van der Waals surface area contributed by atoms with E-state index in [2.05, 4.69) is 66.8 Å². The fourth-order valence-electron chi connectivity index (χ4n) is 3.13. The molecule has 1 radical (unpaired) electrons. The molecule has 0 nitrogen and oxygen atoms in total. The number of halogens is 18. The van der Waals surface area contributed by atoms with Crippen LogP contribution in [0.1, 0.15) is 22.6 Å². The van der Waals surface area contributed by atoms with Gasteiger partial charge in [-0.15, -0.1) is 0 Å². The van der Waals surface area contributed by atoms with Gasteiger partial charge in [-0.05, 0) is 34.2 Å². The van der Waals surface area contributed by atoms with Crippen molar-refractivity contribution in [2.45, 2.75) is 12.3 Å². The minimum absolute atomic E-state index is 0. The van der Waals surface area contributed by atoms with Gasteiger partial charge in [0.25, 0.3) is 0 Å². The largest absolute Gasteiger partial charge is 3.00 e. The van der Waals surface area contributed by atoms with Crippen molar-refractivity contribution in [2.75, 3.05) is 0 Å². The molecule has 0 spiro atoms. The molecule has 22 heteroatoms. The molecule has 0 unspecified atom stereocenters. The second-order valence-electron chi connectivity index (χ2n) is 7.88. The van der Waals surface area contributed by atoms with Crippen LogP contribution in [0.15, 0.2) is 66.8 Å². The van der Waals surface area contributed by atoms with E-state index in [1.165, 1.54) is 27.8 Å². The zero-order valence-electron chi connectivity index (χ0n) is 18.6. The molecule has 0 saturated carbocycles. The van der Waals surface area contributed by atoms with Crippen LogP contribution in [-0.2, 0) is 23.5 Å². The van der Waals surface area contributed by atoms with Crippen LogP contribution >= 0.6 is 23.4 Å². The summed E-state index contributed by atoms with van der Waals surface area (Å²) in [4.78, 5) is 0. The van der Waals surface area contributed by atoms with Gasteiger partial charge >= 0.3 is 116 Å². The van der Waals surface area contributed by atoms with Gasteiger partial charge in [-0.3, -0.25) is 0 Å². The fraction of sp³-hybridized carbons (Fsp3) is 0.111. The SMILES string of the molecule is C1=CC(c2cccc3c2Cc2ccccc2-3)C=C1.F[P-](F)(F)(F)(F)F.F[P-](F)(F)(F)(F)F.F[P-](F)(F)(F)(F)F.[Fe+3]. The summed E-state index contributed by atoms with van der Waals surface area (Å²) in [6.07, 6.45) is 9.93. The second-order valence-corrected chi connectivity index (χ2v) is 13.6. The van der Waals surface area contributed by atoms with Crippen molar-refractivity contribution in [1.29, 1.82) is 0 Å². The molecule has 0 amide bonds. The van der Waals surface area contributed by atoms with E-state index >= 15 is 0 Å². The van der Waals surface area contributed by atoms with Crippen molar-refractivity contribution in [3.05, 3.63) is 83.5 Å². The molecule has 0 atom stereocenters. The Bertz CT molecular complexity index is 1180. The van der Waals surface area contributed by atoms with Crippen LogP contribution in [0.25, 0.3) is 11.1 Å². The molecule has 2 aromatic rings. The predicted molar refractivity (Wildman–Crippen MR) is 116 cm³/mol. The van der Waals surface area contributed by atoms with Gasteiger partial charge in [0, 0.05) is 5.92 Å². The Labute approximate surface area is 223 Å². The van der Waals surface area contributed by atoms with E-state index in [9.17, 15) is 75.5 Å². The first kappa shape index (κ1) is 38.5. The molecule has 2 aromatic carbocycles. The number of benzene rings is 2. The van der Waals surface area contributed by atoms with E-state index in [0.717, 1.165) is 6.42 Å². The first-order valence-corrected chi connectivity index (χ1v) is 15.6. The van der Waals surface area contributed by atoms with Gasteiger partial charge in [0.15, 0.2) is 0 Å². The number of allylic oxidation sites excluding steroid dienone is 4.